The number of rotatable bonds is 8. The Bertz CT molecular complexity index is 357. The van der Waals surface area contributed by atoms with Crippen LogP contribution in [0.4, 0.5) is 0 Å². The summed E-state index contributed by atoms with van der Waals surface area (Å²) in [5.74, 6) is -0.229. The molecular formula is C15H20Cl2O. The third kappa shape index (κ3) is 5.41. The molecule has 0 fully saturated rings. The van der Waals surface area contributed by atoms with Crippen LogP contribution in [0.15, 0.2) is 24.3 Å². The van der Waals surface area contributed by atoms with Crippen LogP contribution in [0, 0.1) is 0 Å². The first-order valence-electron chi connectivity index (χ1n) is 6.56. The Balaban J connectivity index is 2.38. The lowest BCUT2D eigenvalue weighted by molar-refractivity contribution is 0.101. The molecular weight excluding hydrogens is 267 g/mol. The summed E-state index contributed by atoms with van der Waals surface area (Å²) in [5, 5.41) is 0. The van der Waals surface area contributed by atoms with Gasteiger partial charge in [-0.3, -0.25) is 4.79 Å². The van der Waals surface area contributed by atoms with Crippen LogP contribution in [0.5, 0.6) is 0 Å². The first-order valence-corrected chi connectivity index (χ1v) is 7.43. The topological polar surface area (TPSA) is 17.1 Å². The van der Waals surface area contributed by atoms with Gasteiger partial charge in [-0.2, -0.15) is 0 Å². The number of hydrogen-bond donors (Lipinski definition) is 0. The summed E-state index contributed by atoms with van der Waals surface area (Å²) in [6.07, 6.45) is 7.46. The molecule has 1 aromatic rings. The minimum atomic E-state index is -0.968. The monoisotopic (exact) mass is 286 g/mol. The van der Waals surface area contributed by atoms with Gasteiger partial charge in [0.05, 0.1) is 0 Å². The normalized spacial score (nSPS) is 10.9. The molecule has 0 radical (unpaired) electrons. The second kappa shape index (κ2) is 8.55. The van der Waals surface area contributed by atoms with E-state index in [1.54, 1.807) is 0 Å². The van der Waals surface area contributed by atoms with E-state index in [0.29, 0.717) is 5.56 Å². The zero-order valence-electron chi connectivity index (χ0n) is 10.8. The van der Waals surface area contributed by atoms with Crippen LogP contribution in [0.2, 0.25) is 0 Å². The van der Waals surface area contributed by atoms with Gasteiger partial charge in [-0.05, 0) is 18.4 Å². The highest BCUT2D eigenvalue weighted by Crippen LogP contribution is 2.14. The molecule has 1 aromatic carbocycles. The number of unbranched alkanes of at least 4 members (excludes halogenated alkanes) is 4. The number of alkyl halides is 2. The summed E-state index contributed by atoms with van der Waals surface area (Å²) in [6, 6.07) is 7.59. The molecule has 0 unspecified atom stereocenters. The number of carbonyl (C=O) groups is 1. The summed E-state index contributed by atoms with van der Waals surface area (Å²) in [6.45, 7) is 2.22. The largest absolute Gasteiger partial charge is 0.291 e. The third-order valence-electron chi connectivity index (χ3n) is 3.01. The van der Waals surface area contributed by atoms with Crippen LogP contribution in [0.25, 0.3) is 0 Å². The molecule has 18 heavy (non-hydrogen) atoms. The number of halogens is 2. The lowest BCUT2D eigenvalue weighted by Crippen LogP contribution is -2.07. The van der Waals surface area contributed by atoms with Gasteiger partial charge < -0.3 is 0 Å². The van der Waals surface area contributed by atoms with Crippen LogP contribution >= 0.6 is 23.2 Å². The minimum Gasteiger partial charge on any atom is -0.291 e. The van der Waals surface area contributed by atoms with Crippen LogP contribution in [0.1, 0.15) is 54.9 Å². The van der Waals surface area contributed by atoms with E-state index in [1.165, 1.54) is 37.7 Å². The number of Topliss-reactive ketones (excluding diaryl/α,β-unsaturated/α-hetero) is 1. The van der Waals surface area contributed by atoms with Crippen molar-refractivity contribution in [1.29, 1.82) is 0 Å². The Morgan fingerprint density at radius 1 is 1.06 bits per heavy atom. The Morgan fingerprint density at radius 2 is 1.67 bits per heavy atom. The molecule has 0 aliphatic heterocycles. The predicted molar refractivity (Wildman–Crippen MR) is 78.7 cm³/mol. The second-order valence-corrected chi connectivity index (χ2v) is 5.62. The fourth-order valence-electron chi connectivity index (χ4n) is 1.89. The first kappa shape index (κ1) is 15.5. The van der Waals surface area contributed by atoms with Gasteiger partial charge in [-0.15, -0.1) is 0 Å². The van der Waals surface area contributed by atoms with Crippen molar-refractivity contribution in [3.05, 3.63) is 35.4 Å². The van der Waals surface area contributed by atoms with Crippen LogP contribution in [-0.2, 0) is 6.42 Å². The van der Waals surface area contributed by atoms with E-state index in [-0.39, 0.29) is 5.78 Å². The average molecular weight is 287 g/mol. The molecule has 0 amide bonds. The van der Waals surface area contributed by atoms with Gasteiger partial charge >= 0.3 is 0 Å². The lowest BCUT2D eigenvalue weighted by Gasteiger charge is -2.04. The molecule has 1 nitrogen and oxygen atoms in total. The van der Waals surface area contributed by atoms with E-state index >= 15 is 0 Å². The van der Waals surface area contributed by atoms with Gasteiger partial charge in [0, 0.05) is 5.56 Å². The third-order valence-corrected chi connectivity index (χ3v) is 3.40. The average Bonchev–Trinajstić information content (AvgIpc) is 2.38. The van der Waals surface area contributed by atoms with E-state index in [1.807, 2.05) is 24.3 Å². The first-order chi connectivity index (χ1) is 8.65. The van der Waals surface area contributed by atoms with E-state index < -0.39 is 4.84 Å². The van der Waals surface area contributed by atoms with Crippen LogP contribution < -0.4 is 0 Å². The molecule has 100 valence electrons. The molecule has 0 heterocycles. The summed E-state index contributed by atoms with van der Waals surface area (Å²) in [7, 11) is 0. The number of benzene rings is 1. The molecule has 0 aromatic heterocycles. The Morgan fingerprint density at radius 3 is 2.22 bits per heavy atom. The zero-order chi connectivity index (χ0) is 13.4. The summed E-state index contributed by atoms with van der Waals surface area (Å²) < 4.78 is 0. The quantitative estimate of drug-likeness (QED) is 0.365. The highest BCUT2D eigenvalue weighted by molar-refractivity contribution is 6.55. The summed E-state index contributed by atoms with van der Waals surface area (Å²) >= 11 is 11.1. The minimum absolute atomic E-state index is 0.229. The van der Waals surface area contributed by atoms with Crippen molar-refractivity contribution in [2.75, 3.05) is 0 Å². The van der Waals surface area contributed by atoms with E-state index in [2.05, 4.69) is 6.92 Å². The van der Waals surface area contributed by atoms with Crippen molar-refractivity contribution in [2.45, 2.75) is 50.3 Å². The van der Waals surface area contributed by atoms with Gasteiger partial charge in [0.2, 0.25) is 0 Å². The maximum Gasteiger partial charge on any atom is 0.195 e. The number of ketones is 1. The van der Waals surface area contributed by atoms with Crippen molar-refractivity contribution in [3.8, 4) is 0 Å². The maximum absolute atomic E-state index is 11.5. The predicted octanol–water partition coefficient (Wildman–Crippen LogP) is 5.19. The van der Waals surface area contributed by atoms with Crippen molar-refractivity contribution in [1.82, 2.24) is 0 Å². The van der Waals surface area contributed by atoms with Crippen LogP contribution in [0.3, 0.4) is 0 Å². The smallest absolute Gasteiger partial charge is 0.195 e. The summed E-state index contributed by atoms with van der Waals surface area (Å²) in [4.78, 5) is 10.6. The highest BCUT2D eigenvalue weighted by Gasteiger charge is 2.13. The van der Waals surface area contributed by atoms with Gasteiger partial charge in [0.1, 0.15) is 0 Å². The Kier molecular flexibility index (Phi) is 7.38. The molecule has 0 atom stereocenters. The van der Waals surface area contributed by atoms with Crippen molar-refractivity contribution in [3.63, 3.8) is 0 Å². The van der Waals surface area contributed by atoms with Crippen molar-refractivity contribution >= 4 is 29.0 Å². The molecule has 0 bridgehead atoms. The van der Waals surface area contributed by atoms with Crippen molar-refractivity contribution < 1.29 is 4.79 Å². The maximum atomic E-state index is 11.5. The molecule has 1 rings (SSSR count). The zero-order valence-corrected chi connectivity index (χ0v) is 12.3. The lowest BCUT2D eigenvalue weighted by atomic mass is 10.0. The molecule has 0 saturated heterocycles. The number of aryl methyl sites for hydroxylation is 1. The standard InChI is InChI=1S/C15H20Cl2O/c1-2-3-4-5-6-7-12-8-10-13(11-9-12)14(18)15(16)17/h8-11,15H,2-7H2,1H3. The Labute approximate surface area is 119 Å². The van der Waals surface area contributed by atoms with Gasteiger partial charge in [0.15, 0.2) is 10.6 Å². The van der Waals surface area contributed by atoms with E-state index in [0.717, 1.165) is 6.42 Å². The van der Waals surface area contributed by atoms with Gasteiger partial charge in [0.25, 0.3) is 0 Å². The number of carbonyl (C=O) groups excluding carboxylic acids is 1. The van der Waals surface area contributed by atoms with Crippen LogP contribution in [-0.4, -0.2) is 10.6 Å². The molecule has 0 aliphatic rings. The van der Waals surface area contributed by atoms with E-state index in [9.17, 15) is 4.79 Å². The molecule has 0 spiro atoms. The fraction of sp³-hybridized carbons (Fsp3) is 0.533. The molecule has 0 aliphatic carbocycles. The summed E-state index contributed by atoms with van der Waals surface area (Å²) in [5.41, 5.74) is 1.85. The molecule has 0 saturated carbocycles. The SMILES string of the molecule is CCCCCCCc1ccc(C(=O)C(Cl)Cl)cc1. The molecule has 3 heteroatoms. The number of hydrogen-bond acceptors (Lipinski definition) is 1. The highest BCUT2D eigenvalue weighted by atomic mass is 35.5. The van der Waals surface area contributed by atoms with Gasteiger partial charge in [-0.25, -0.2) is 0 Å². The van der Waals surface area contributed by atoms with Crippen molar-refractivity contribution in [2.24, 2.45) is 0 Å². The van der Waals surface area contributed by atoms with E-state index in [4.69, 9.17) is 23.2 Å². The molecule has 0 N–H and O–H groups in total. The second-order valence-electron chi connectivity index (χ2n) is 4.53. The Hall–Kier alpha value is -0.530. The van der Waals surface area contributed by atoms with Gasteiger partial charge in [-0.1, -0.05) is 80.1 Å². The fourth-order valence-corrected chi connectivity index (χ4v) is 2.15.